The lowest BCUT2D eigenvalue weighted by Gasteiger charge is -2.19. The van der Waals surface area contributed by atoms with E-state index in [0.29, 0.717) is 18.2 Å². The molecular formula is C19H27FN2O2. The number of halogens is 1. The lowest BCUT2D eigenvalue weighted by molar-refractivity contribution is -0.126. The highest BCUT2D eigenvalue weighted by Crippen LogP contribution is 2.25. The summed E-state index contributed by atoms with van der Waals surface area (Å²) in [5, 5.41) is 3.02. The monoisotopic (exact) mass is 334 g/mol. The first-order chi connectivity index (χ1) is 11.4. The van der Waals surface area contributed by atoms with Gasteiger partial charge in [-0.15, -0.1) is 0 Å². The Morgan fingerprint density at radius 3 is 2.54 bits per heavy atom. The van der Waals surface area contributed by atoms with Gasteiger partial charge in [0.15, 0.2) is 0 Å². The van der Waals surface area contributed by atoms with Gasteiger partial charge in [0.1, 0.15) is 5.82 Å². The van der Waals surface area contributed by atoms with Gasteiger partial charge in [0.2, 0.25) is 11.8 Å². The van der Waals surface area contributed by atoms with E-state index in [9.17, 15) is 14.0 Å². The molecular weight excluding hydrogens is 307 g/mol. The molecule has 0 saturated carbocycles. The number of carbonyl (C=O) groups is 2. The van der Waals surface area contributed by atoms with Crippen molar-refractivity contribution in [2.75, 3.05) is 11.4 Å². The van der Waals surface area contributed by atoms with Gasteiger partial charge >= 0.3 is 0 Å². The Morgan fingerprint density at radius 2 is 1.92 bits per heavy atom. The summed E-state index contributed by atoms with van der Waals surface area (Å²) >= 11 is 0. The number of hydrogen-bond acceptors (Lipinski definition) is 2. The van der Waals surface area contributed by atoms with E-state index < -0.39 is 0 Å². The van der Waals surface area contributed by atoms with Crippen LogP contribution in [0.4, 0.5) is 10.1 Å². The molecule has 5 heteroatoms. The standard InChI is InChI=1S/C19H27FN2O2/c1-13(2)5-4-6-14(3)21-19(24)15-11-18(23)22(12-15)17-9-7-16(20)8-10-17/h7-10,13-15H,4-6,11-12H2,1-3H3,(H,21,24). The van der Waals surface area contributed by atoms with Crippen LogP contribution in [-0.4, -0.2) is 24.4 Å². The molecule has 2 unspecified atom stereocenters. The van der Waals surface area contributed by atoms with Gasteiger partial charge in [-0.25, -0.2) is 4.39 Å². The zero-order chi connectivity index (χ0) is 17.7. The average molecular weight is 334 g/mol. The van der Waals surface area contributed by atoms with E-state index in [4.69, 9.17) is 0 Å². The predicted molar refractivity (Wildman–Crippen MR) is 93.2 cm³/mol. The number of hydrogen-bond donors (Lipinski definition) is 1. The summed E-state index contributed by atoms with van der Waals surface area (Å²) in [6.07, 6.45) is 3.40. The first kappa shape index (κ1) is 18.4. The third kappa shape index (κ3) is 5.05. The minimum atomic E-state index is -0.338. The van der Waals surface area contributed by atoms with E-state index in [1.54, 1.807) is 17.0 Å². The van der Waals surface area contributed by atoms with Crippen molar-refractivity contribution >= 4 is 17.5 Å². The molecule has 1 aliphatic rings. The molecule has 0 radical (unpaired) electrons. The molecule has 2 rings (SSSR count). The second-order valence-corrected chi connectivity index (χ2v) is 7.12. The number of anilines is 1. The van der Waals surface area contributed by atoms with E-state index >= 15 is 0 Å². The third-order valence-corrected chi connectivity index (χ3v) is 4.44. The summed E-state index contributed by atoms with van der Waals surface area (Å²) in [6, 6.07) is 5.91. The SMILES string of the molecule is CC(C)CCCC(C)NC(=O)C1CC(=O)N(c2ccc(F)cc2)C1. The molecule has 0 aromatic heterocycles. The Bertz CT molecular complexity index is 571. The van der Waals surface area contributed by atoms with Crippen LogP contribution >= 0.6 is 0 Å². The molecule has 0 bridgehead atoms. The van der Waals surface area contributed by atoms with Gasteiger partial charge in [0.25, 0.3) is 0 Å². The number of rotatable bonds is 7. The summed E-state index contributed by atoms with van der Waals surface area (Å²) in [6.45, 7) is 6.75. The molecule has 2 amide bonds. The summed E-state index contributed by atoms with van der Waals surface area (Å²) in [5.74, 6) is -0.158. The molecule has 1 aromatic carbocycles. The largest absolute Gasteiger partial charge is 0.353 e. The van der Waals surface area contributed by atoms with Crippen LogP contribution in [0.3, 0.4) is 0 Å². The summed E-state index contributed by atoms with van der Waals surface area (Å²) in [4.78, 5) is 26.1. The van der Waals surface area contributed by atoms with E-state index in [-0.39, 0.29) is 36.0 Å². The smallest absolute Gasteiger partial charge is 0.227 e. The summed E-state index contributed by atoms with van der Waals surface area (Å²) < 4.78 is 13.0. The Hall–Kier alpha value is -1.91. The molecule has 1 saturated heterocycles. The molecule has 0 aliphatic carbocycles. The van der Waals surface area contributed by atoms with Crippen molar-refractivity contribution in [3.63, 3.8) is 0 Å². The Morgan fingerprint density at radius 1 is 1.25 bits per heavy atom. The van der Waals surface area contributed by atoms with E-state index in [1.165, 1.54) is 12.1 Å². The van der Waals surface area contributed by atoms with Crippen LogP contribution in [0.15, 0.2) is 24.3 Å². The normalized spacial score (nSPS) is 19.0. The third-order valence-electron chi connectivity index (χ3n) is 4.44. The van der Waals surface area contributed by atoms with Crippen molar-refractivity contribution in [1.29, 1.82) is 0 Å². The van der Waals surface area contributed by atoms with Gasteiger partial charge in [-0.1, -0.05) is 26.7 Å². The van der Waals surface area contributed by atoms with Gasteiger partial charge in [0.05, 0.1) is 5.92 Å². The predicted octanol–water partition coefficient (Wildman–Crippen LogP) is 3.51. The van der Waals surface area contributed by atoms with E-state index in [2.05, 4.69) is 19.2 Å². The van der Waals surface area contributed by atoms with Crippen LogP contribution in [0.25, 0.3) is 0 Å². The number of benzene rings is 1. The van der Waals surface area contributed by atoms with Crippen molar-refractivity contribution in [2.45, 2.75) is 52.5 Å². The van der Waals surface area contributed by atoms with Crippen LogP contribution in [0.1, 0.15) is 46.5 Å². The van der Waals surface area contributed by atoms with Gasteiger partial charge in [-0.2, -0.15) is 0 Å². The number of amides is 2. The Labute approximate surface area is 143 Å². The highest BCUT2D eigenvalue weighted by atomic mass is 19.1. The molecule has 4 nitrogen and oxygen atoms in total. The van der Waals surface area contributed by atoms with Crippen molar-refractivity contribution in [1.82, 2.24) is 5.32 Å². The first-order valence-corrected chi connectivity index (χ1v) is 8.73. The molecule has 1 N–H and O–H groups in total. The molecule has 1 aliphatic heterocycles. The summed E-state index contributed by atoms with van der Waals surface area (Å²) in [7, 11) is 0. The van der Waals surface area contributed by atoms with Crippen LogP contribution in [0.2, 0.25) is 0 Å². The second-order valence-electron chi connectivity index (χ2n) is 7.12. The van der Waals surface area contributed by atoms with Crippen LogP contribution in [-0.2, 0) is 9.59 Å². The first-order valence-electron chi connectivity index (χ1n) is 8.73. The number of nitrogens with zero attached hydrogens (tertiary/aromatic N) is 1. The molecule has 1 fully saturated rings. The van der Waals surface area contributed by atoms with E-state index in [1.807, 2.05) is 6.92 Å². The second kappa shape index (κ2) is 8.27. The van der Waals surface area contributed by atoms with Crippen LogP contribution < -0.4 is 10.2 Å². The quantitative estimate of drug-likeness (QED) is 0.829. The Kier molecular flexibility index (Phi) is 6.35. The highest BCUT2D eigenvalue weighted by molar-refractivity contribution is 6.00. The van der Waals surface area contributed by atoms with E-state index in [0.717, 1.165) is 19.3 Å². The van der Waals surface area contributed by atoms with Crippen molar-refractivity contribution < 1.29 is 14.0 Å². The number of nitrogens with one attached hydrogen (secondary N) is 1. The topological polar surface area (TPSA) is 49.4 Å². The minimum absolute atomic E-state index is 0.0648. The molecule has 2 atom stereocenters. The number of carbonyl (C=O) groups excluding carboxylic acids is 2. The fourth-order valence-corrected chi connectivity index (χ4v) is 3.02. The zero-order valence-corrected chi connectivity index (χ0v) is 14.7. The lowest BCUT2D eigenvalue weighted by atomic mass is 10.0. The molecule has 132 valence electrons. The maximum Gasteiger partial charge on any atom is 0.227 e. The van der Waals surface area contributed by atoms with Gasteiger partial charge in [-0.3, -0.25) is 9.59 Å². The minimum Gasteiger partial charge on any atom is -0.353 e. The van der Waals surface area contributed by atoms with Gasteiger partial charge in [0, 0.05) is 24.7 Å². The molecule has 0 spiro atoms. The highest BCUT2D eigenvalue weighted by Gasteiger charge is 2.35. The van der Waals surface area contributed by atoms with Crippen molar-refractivity contribution in [3.8, 4) is 0 Å². The maximum atomic E-state index is 13.0. The van der Waals surface area contributed by atoms with Crippen LogP contribution in [0, 0.1) is 17.7 Å². The lowest BCUT2D eigenvalue weighted by Crippen LogP contribution is -2.38. The molecule has 24 heavy (non-hydrogen) atoms. The molecule has 1 heterocycles. The maximum absolute atomic E-state index is 13.0. The molecule has 1 aromatic rings. The van der Waals surface area contributed by atoms with Crippen molar-refractivity contribution in [3.05, 3.63) is 30.1 Å². The Balaban J connectivity index is 1.85. The van der Waals surface area contributed by atoms with Gasteiger partial charge in [-0.05, 0) is 43.5 Å². The average Bonchev–Trinajstić information content (AvgIpc) is 2.90. The van der Waals surface area contributed by atoms with Crippen molar-refractivity contribution in [2.24, 2.45) is 11.8 Å². The summed E-state index contributed by atoms with van der Waals surface area (Å²) in [5.41, 5.74) is 0.640. The fourth-order valence-electron chi connectivity index (χ4n) is 3.02. The zero-order valence-electron chi connectivity index (χ0n) is 14.7. The fraction of sp³-hybridized carbons (Fsp3) is 0.579. The van der Waals surface area contributed by atoms with Crippen LogP contribution in [0.5, 0.6) is 0 Å². The van der Waals surface area contributed by atoms with Gasteiger partial charge < -0.3 is 10.2 Å².